The third-order valence-electron chi connectivity index (χ3n) is 9.66. The van der Waals surface area contributed by atoms with Crippen molar-refractivity contribution in [3.8, 4) is 11.5 Å². The van der Waals surface area contributed by atoms with E-state index in [1.54, 1.807) is 12.1 Å². The lowest BCUT2D eigenvalue weighted by Crippen LogP contribution is -2.37. The molecule has 0 aliphatic rings. The molecule has 0 bridgehead atoms. The van der Waals surface area contributed by atoms with Gasteiger partial charge in [-0.3, -0.25) is 33.6 Å². The second-order valence-corrected chi connectivity index (χ2v) is 17.7. The highest BCUT2D eigenvalue weighted by Crippen LogP contribution is 2.21. The predicted molar refractivity (Wildman–Crippen MR) is 260 cm³/mol. The smallest absolute Gasteiger partial charge is 0.335 e. The number of amides is 7. The lowest BCUT2D eigenvalue weighted by molar-refractivity contribution is -0.124. The van der Waals surface area contributed by atoms with Crippen LogP contribution in [0.15, 0.2) is 33.9 Å². The van der Waals surface area contributed by atoms with Crippen LogP contribution >= 0.6 is 0 Å². The molecule has 25 nitrogen and oxygen atoms in total. The highest BCUT2D eigenvalue weighted by Gasteiger charge is 2.20. The molecule has 7 amide bonds. The largest absolute Gasteiger partial charge is 0.408 e. The Kier molecular flexibility index (Phi) is 33.8. The molecule has 72 heavy (non-hydrogen) atoms. The number of ether oxygens (including phenoxy) is 6. The molecule has 1 heterocycles. The van der Waals surface area contributed by atoms with Crippen LogP contribution < -0.4 is 31.9 Å². The number of nitrogens with one attached hydrogen (secondary N) is 6. The molecule has 1 aromatic heterocycles. The van der Waals surface area contributed by atoms with Crippen molar-refractivity contribution in [2.45, 2.75) is 70.4 Å². The summed E-state index contributed by atoms with van der Waals surface area (Å²) in [6.45, 7) is 8.71. The number of sulfone groups is 1. The van der Waals surface area contributed by atoms with Crippen LogP contribution in [0.5, 0.6) is 0 Å². The van der Waals surface area contributed by atoms with Crippen LogP contribution in [0.4, 0.5) is 0 Å². The Bertz CT molecular complexity index is 1930. The van der Waals surface area contributed by atoms with Crippen LogP contribution in [0, 0.1) is 0 Å². The first-order valence-corrected chi connectivity index (χ1v) is 26.1. The molecule has 0 aliphatic carbocycles. The van der Waals surface area contributed by atoms with Gasteiger partial charge < -0.3 is 69.6 Å². The average molecular weight is 1040 g/mol. The monoisotopic (exact) mass is 1040 g/mol. The van der Waals surface area contributed by atoms with E-state index in [1.807, 2.05) is 13.8 Å². The first-order valence-electron chi connectivity index (χ1n) is 24.2. The molecular formula is C46H75N9O16S. The summed E-state index contributed by atoms with van der Waals surface area (Å²) < 4.78 is 61.8. The molecule has 2 rings (SSSR count). The number of carbonyl (C=O) groups excluding carboxylic acids is 7. The van der Waals surface area contributed by atoms with Crippen LogP contribution in [0.25, 0.3) is 11.5 Å². The highest BCUT2D eigenvalue weighted by atomic mass is 32.2. The van der Waals surface area contributed by atoms with Gasteiger partial charge in [-0.1, -0.05) is 18.9 Å². The molecule has 0 spiro atoms. The number of hydrogen-bond donors (Lipinski definition) is 6. The summed E-state index contributed by atoms with van der Waals surface area (Å²) in [5.74, 6) is -1.53. The summed E-state index contributed by atoms with van der Waals surface area (Å²) >= 11 is 0. The Morgan fingerprint density at radius 1 is 0.472 bits per heavy atom. The maximum absolute atomic E-state index is 13.6. The molecule has 0 saturated carbocycles. The van der Waals surface area contributed by atoms with E-state index in [2.05, 4.69) is 42.1 Å². The van der Waals surface area contributed by atoms with E-state index in [9.17, 15) is 42.0 Å². The van der Waals surface area contributed by atoms with E-state index >= 15 is 0 Å². The summed E-state index contributed by atoms with van der Waals surface area (Å²) in [5, 5.41) is 23.2. The Morgan fingerprint density at radius 2 is 0.792 bits per heavy atom. The molecule has 0 radical (unpaired) electrons. The van der Waals surface area contributed by atoms with Crippen molar-refractivity contribution in [3.63, 3.8) is 0 Å². The molecular weight excluding hydrogens is 967 g/mol. The molecule has 26 heteroatoms. The van der Waals surface area contributed by atoms with Crippen molar-refractivity contribution in [1.82, 2.24) is 47.0 Å². The summed E-state index contributed by atoms with van der Waals surface area (Å²) in [6.07, 6.45) is 3.56. The van der Waals surface area contributed by atoms with Gasteiger partial charge in [-0.2, -0.15) is 0 Å². The molecule has 6 N–H and O–H groups in total. The number of aromatic nitrogens is 2. The second-order valence-electron chi connectivity index (χ2n) is 15.8. The molecule has 0 saturated heterocycles. The van der Waals surface area contributed by atoms with Gasteiger partial charge in [0, 0.05) is 108 Å². The van der Waals surface area contributed by atoms with E-state index in [0.717, 1.165) is 19.1 Å². The Balaban J connectivity index is 1.67. The third kappa shape index (κ3) is 31.0. The van der Waals surface area contributed by atoms with Crippen LogP contribution in [-0.2, 0) is 67.0 Å². The summed E-state index contributed by atoms with van der Waals surface area (Å²) in [7, 11) is -3.71. The number of nitrogens with zero attached hydrogens (tertiary/aromatic N) is 3. The van der Waals surface area contributed by atoms with E-state index in [0.29, 0.717) is 37.3 Å². The van der Waals surface area contributed by atoms with Crippen molar-refractivity contribution in [1.29, 1.82) is 0 Å². The summed E-state index contributed by atoms with van der Waals surface area (Å²) in [5.41, 5.74) is 0.691. The topological polar surface area (TPSA) is 323 Å². The summed E-state index contributed by atoms with van der Waals surface area (Å²) in [4.78, 5) is 86.9. The zero-order valence-corrected chi connectivity index (χ0v) is 42.7. The van der Waals surface area contributed by atoms with Gasteiger partial charge in [0.05, 0.1) is 79.3 Å². The van der Waals surface area contributed by atoms with Crippen molar-refractivity contribution >= 4 is 51.2 Å². The summed E-state index contributed by atoms with van der Waals surface area (Å²) in [6, 6.07) is 6.13. The van der Waals surface area contributed by atoms with Gasteiger partial charge in [0.15, 0.2) is 0 Å². The molecule has 0 fully saturated rings. The van der Waals surface area contributed by atoms with Crippen molar-refractivity contribution in [3.05, 3.63) is 29.8 Å². The van der Waals surface area contributed by atoms with Gasteiger partial charge in [0.1, 0.15) is 0 Å². The van der Waals surface area contributed by atoms with Crippen molar-refractivity contribution in [2.24, 2.45) is 0 Å². The fraction of sp³-hybridized carbons (Fsp3) is 0.674. The number of hydrogen-bond acceptors (Lipinski definition) is 18. The van der Waals surface area contributed by atoms with Crippen LogP contribution in [0.1, 0.15) is 75.6 Å². The average Bonchev–Trinajstić information content (AvgIpc) is 3.88. The maximum atomic E-state index is 13.6. The Labute approximate surface area is 421 Å². The SMILES string of the molecule is CCCNC(=O)CCOCCNC(=O)CCOCCNC(=O)CCOCCN(CCOCCC(=O)NCCOCCC(=O)NCCOCCC(=O)NCCC)C(=O)c1ccc(-c2nnc(S(C)(=O)=O)o2)cc1. The van der Waals surface area contributed by atoms with Crippen molar-refractivity contribution in [2.75, 3.05) is 138 Å². The Hall–Kier alpha value is -5.64. The minimum Gasteiger partial charge on any atom is -0.408 e. The van der Waals surface area contributed by atoms with E-state index in [4.69, 9.17) is 32.8 Å². The maximum Gasteiger partial charge on any atom is 0.335 e. The molecule has 0 atom stereocenters. The third-order valence-corrected chi connectivity index (χ3v) is 10.5. The van der Waals surface area contributed by atoms with Gasteiger partial charge >= 0.3 is 5.22 Å². The predicted octanol–water partition coefficient (Wildman–Crippen LogP) is -0.460. The quantitative estimate of drug-likeness (QED) is 0.0458. The lowest BCUT2D eigenvalue weighted by atomic mass is 10.1. The number of rotatable bonds is 43. The Morgan fingerprint density at radius 3 is 1.10 bits per heavy atom. The fourth-order valence-corrected chi connectivity index (χ4v) is 6.21. The minimum atomic E-state index is -3.71. The zero-order chi connectivity index (χ0) is 52.7. The number of benzene rings is 1. The normalized spacial score (nSPS) is 11.2. The first kappa shape index (κ1) is 62.5. The second kappa shape index (κ2) is 39.0. The van der Waals surface area contributed by atoms with E-state index in [-0.39, 0.29) is 191 Å². The van der Waals surface area contributed by atoms with Gasteiger partial charge in [0.25, 0.3) is 5.91 Å². The molecule has 2 aromatic rings. The van der Waals surface area contributed by atoms with Crippen LogP contribution in [0.3, 0.4) is 0 Å². The first-order chi connectivity index (χ1) is 34.7. The van der Waals surface area contributed by atoms with Gasteiger partial charge in [-0.15, -0.1) is 5.10 Å². The van der Waals surface area contributed by atoms with Gasteiger partial charge in [0.2, 0.25) is 51.2 Å². The van der Waals surface area contributed by atoms with Gasteiger partial charge in [-0.25, -0.2) is 8.42 Å². The van der Waals surface area contributed by atoms with E-state index < -0.39 is 15.1 Å². The molecule has 1 aromatic carbocycles. The minimum absolute atomic E-state index is 0.0385. The molecule has 0 unspecified atom stereocenters. The highest BCUT2D eigenvalue weighted by molar-refractivity contribution is 7.90. The molecule has 406 valence electrons. The van der Waals surface area contributed by atoms with Crippen LogP contribution in [-0.4, -0.2) is 203 Å². The van der Waals surface area contributed by atoms with Gasteiger partial charge in [-0.05, 0) is 37.1 Å². The molecule has 0 aliphatic heterocycles. The zero-order valence-electron chi connectivity index (χ0n) is 41.9. The number of carbonyl (C=O) groups is 7. The van der Waals surface area contributed by atoms with E-state index in [1.165, 1.54) is 17.0 Å². The standard InChI is InChI=1S/C46H75N9O16S/c1-4-16-47-38(56)10-24-65-30-18-49-40(58)12-26-67-32-20-51-42(60)14-28-69-34-22-55(45(62)37-8-6-36(7-9-37)44-53-54-46(71-44)72(3,63)64)23-35-70-29-15-43(61)52-21-33-68-27-13-41(59)50-19-31-66-25-11-39(57)48-17-5-2/h6-9H,4-5,10-35H2,1-3H3,(H,47,56)(H,48,57)(H,49,58)(H,50,59)(H,51,60)(H,52,61). The fourth-order valence-electron chi connectivity index (χ4n) is 5.79. The van der Waals surface area contributed by atoms with Crippen LogP contribution in [0.2, 0.25) is 0 Å². The lowest BCUT2D eigenvalue weighted by Gasteiger charge is -2.23. The van der Waals surface area contributed by atoms with Crippen molar-refractivity contribution < 1.29 is 74.8 Å².